The fraction of sp³-hybridized carbons (Fsp3) is 0. The van der Waals surface area contributed by atoms with Gasteiger partial charge in [0, 0.05) is 12.4 Å². The normalized spacial score (nSPS) is 9.92. The molecule has 0 saturated heterocycles. The van der Waals surface area contributed by atoms with E-state index in [2.05, 4.69) is 9.97 Å². The van der Waals surface area contributed by atoms with Crippen molar-refractivity contribution in [2.24, 2.45) is 0 Å². The molecule has 0 radical (unpaired) electrons. The smallest absolute Gasteiger partial charge is 0.235 e. The lowest BCUT2D eigenvalue weighted by Crippen LogP contribution is -2.00. The van der Waals surface area contributed by atoms with Crippen LogP contribution in [0.1, 0.15) is 5.56 Å². The van der Waals surface area contributed by atoms with Crippen molar-refractivity contribution < 1.29 is 0 Å². The number of hydrogen-bond donors (Lipinski definition) is 1. The van der Waals surface area contributed by atoms with Crippen LogP contribution in [0.4, 0.5) is 5.82 Å². The Bertz CT molecular complexity index is 464. The SMILES string of the molecule is N#Cc1cnc2nccn2c1N. The number of fused-ring (bicyclic) bond motifs is 1. The highest BCUT2D eigenvalue weighted by Gasteiger charge is 2.03. The van der Waals surface area contributed by atoms with Crippen molar-refractivity contribution in [2.75, 3.05) is 5.73 Å². The molecule has 0 amide bonds. The summed E-state index contributed by atoms with van der Waals surface area (Å²) in [5, 5.41) is 8.61. The summed E-state index contributed by atoms with van der Waals surface area (Å²) in [7, 11) is 0. The average molecular weight is 159 g/mol. The maximum absolute atomic E-state index is 8.61. The molecule has 0 unspecified atom stereocenters. The zero-order valence-electron chi connectivity index (χ0n) is 6.10. The van der Waals surface area contributed by atoms with Gasteiger partial charge in [-0.25, -0.2) is 9.97 Å². The second-order valence-electron chi connectivity index (χ2n) is 2.27. The summed E-state index contributed by atoms with van der Waals surface area (Å²) in [6, 6.07) is 1.94. The van der Waals surface area contributed by atoms with Gasteiger partial charge in [0.25, 0.3) is 0 Å². The zero-order valence-corrected chi connectivity index (χ0v) is 6.10. The van der Waals surface area contributed by atoms with Crippen molar-refractivity contribution in [3.05, 3.63) is 24.2 Å². The largest absolute Gasteiger partial charge is 0.384 e. The van der Waals surface area contributed by atoms with Crippen molar-refractivity contribution in [1.82, 2.24) is 14.4 Å². The summed E-state index contributed by atoms with van der Waals surface area (Å²) >= 11 is 0. The molecule has 5 nitrogen and oxygen atoms in total. The van der Waals surface area contributed by atoms with Crippen molar-refractivity contribution in [2.45, 2.75) is 0 Å². The van der Waals surface area contributed by atoms with Gasteiger partial charge in [0.2, 0.25) is 5.78 Å². The van der Waals surface area contributed by atoms with Crippen molar-refractivity contribution in [3.63, 3.8) is 0 Å². The Labute approximate surface area is 68.1 Å². The summed E-state index contributed by atoms with van der Waals surface area (Å²) in [5.41, 5.74) is 6.00. The summed E-state index contributed by atoms with van der Waals surface area (Å²) in [6.07, 6.45) is 4.66. The number of aromatic nitrogens is 3. The van der Waals surface area contributed by atoms with Crippen LogP contribution >= 0.6 is 0 Å². The number of imidazole rings is 1. The summed E-state index contributed by atoms with van der Waals surface area (Å²) in [4.78, 5) is 7.84. The van der Waals surface area contributed by atoms with Crippen LogP contribution in [0.25, 0.3) is 5.78 Å². The zero-order chi connectivity index (χ0) is 8.55. The van der Waals surface area contributed by atoms with Crippen LogP contribution in [0.2, 0.25) is 0 Å². The predicted molar refractivity (Wildman–Crippen MR) is 42.1 cm³/mol. The molecule has 5 heteroatoms. The molecule has 2 rings (SSSR count). The van der Waals surface area contributed by atoms with Gasteiger partial charge in [-0.2, -0.15) is 5.26 Å². The van der Waals surface area contributed by atoms with E-state index in [1.54, 1.807) is 16.8 Å². The van der Waals surface area contributed by atoms with Gasteiger partial charge < -0.3 is 5.73 Å². The Balaban J connectivity index is 2.89. The number of nitrogens with two attached hydrogens (primary N) is 1. The molecule has 0 fully saturated rings. The maximum Gasteiger partial charge on any atom is 0.235 e. The molecule has 0 aliphatic carbocycles. The Kier molecular flexibility index (Phi) is 1.21. The second kappa shape index (κ2) is 2.20. The van der Waals surface area contributed by atoms with Crippen LogP contribution in [-0.4, -0.2) is 14.4 Å². The van der Waals surface area contributed by atoms with Crippen LogP contribution in [-0.2, 0) is 0 Å². The summed E-state index contributed by atoms with van der Waals surface area (Å²) in [5.74, 6) is 0.881. The molecule has 0 bridgehead atoms. The van der Waals surface area contributed by atoms with Gasteiger partial charge in [-0.15, -0.1) is 0 Å². The maximum atomic E-state index is 8.61. The fourth-order valence-corrected chi connectivity index (χ4v) is 0.983. The molecule has 0 saturated carbocycles. The highest BCUT2D eigenvalue weighted by atomic mass is 15.1. The van der Waals surface area contributed by atoms with Gasteiger partial charge in [-0.1, -0.05) is 0 Å². The van der Waals surface area contributed by atoms with E-state index in [0.717, 1.165) is 0 Å². The number of nitriles is 1. The van der Waals surface area contributed by atoms with Gasteiger partial charge in [-0.3, -0.25) is 4.40 Å². The van der Waals surface area contributed by atoms with E-state index < -0.39 is 0 Å². The highest BCUT2D eigenvalue weighted by molar-refractivity contribution is 5.52. The van der Waals surface area contributed by atoms with Crippen molar-refractivity contribution in [1.29, 1.82) is 5.26 Å². The number of nitrogens with zero attached hydrogens (tertiary/aromatic N) is 4. The monoisotopic (exact) mass is 159 g/mol. The molecule has 2 aromatic heterocycles. The third-order valence-electron chi connectivity index (χ3n) is 1.59. The van der Waals surface area contributed by atoms with E-state index in [9.17, 15) is 0 Å². The van der Waals surface area contributed by atoms with E-state index in [1.807, 2.05) is 6.07 Å². The second-order valence-corrected chi connectivity index (χ2v) is 2.27. The van der Waals surface area contributed by atoms with Gasteiger partial charge in [0.15, 0.2) is 0 Å². The van der Waals surface area contributed by atoms with Crippen molar-refractivity contribution >= 4 is 11.6 Å². The number of hydrogen-bond acceptors (Lipinski definition) is 4. The first-order valence-electron chi connectivity index (χ1n) is 3.30. The van der Waals surface area contributed by atoms with Crippen LogP contribution in [0, 0.1) is 11.3 Å². The summed E-state index contributed by atoms with van der Waals surface area (Å²) < 4.78 is 1.57. The Morgan fingerprint density at radius 1 is 1.50 bits per heavy atom. The van der Waals surface area contributed by atoms with Crippen LogP contribution < -0.4 is 5.73 Å². The minimum Gasteiger partial charge on any atom is -0.384 e. The molecule has 0 atom stereocenters. The molecule has 0 aliphatic heterocycles. The highest BCUT2D eigenvalue weighted by Crippen LogP contribution is 2.09. The van der Waals surface area contributed by atoms with Gasteiger partial charge in [0.05, 0.1) is 6.20 Å². The van der Waals surface area contributed by atoms with Crippen LogP contribution in [0.3, 0.4) is 0 Å². The lowest BCUT2D eigenvalue weighted by molar-refractivity contribution is 1.11. The first-order valence-corrected chi connectivity index (χ1v) is 3.30. The molecule has 2 aromatic rings. The number of nitrogen functional groups attached to an aromatic ring is 1. The van der Waals surface area contributed by atoms with E-state index in [-0.39, 0.29) is 0 Å². The summed E-state index contributed by atoms with van der Waals surface area (Å²) in [6.45, 7) is 0. The minimum absolute atomic E-state index is 0.362. The molecule has 2 N–H and O–H groups in total. The average Bonchev–Trinajstić information content (AvgIpc) is 2.53. The minimum atomic E-state index is 0.362. The molecular weight excluding hydrogens is 154 g/mol. The standard InChI is InChI=1S/C7H5N5/c8-3-5-4-11-7-10-1-2-12(7)6(5)9/h1-2,4H,9H2. The molecule has 12 heavy (non-hydrogen) atoms. The number of anilines is 1. The lowest BCUT2D eigenvalue weighted by atomic mass is 10.3. The van der Waals surface area contributed by atoms with Crippen molar-refractivity contribution in [3.8, 4) is 6.07 Å². The van der Waals surface area contributed by atoms with Crippen LogP contribution in [0.5, 0.6) is 0 Å². The van der Waals surface area contributed by atoms with Gasteiger partial charge in [0.1, 0.15) is 17.5 Å². The Morgan fingerprint density at radius 3 is 3.08 bits per heavy atom. The molecule has 0 aromatic carbocycles. The fourth-order valence-electron chi connectivity index (χ4n) is 0.983. The first-order chi connectivity index (χ1) is 5.83. The third kappa shape index (κ3) is 0.720. The van der Waals surface area contributed by atoms with Crippen LogP contribution in [0.15, 0.2) is 18.6 Å². The van der Waals surface area contributed by atoms with E-state index in [4.69, 9.17) is 11.0 Å². The van der Waals surface area contributed by atoms with E-state index in [1.165, 1.54) is 6.20 Å². The van der Waals surface area contributed by atoms with E-state index in [0.29, 0.717) is 17.2 Å². The Morgan fingerprint density at radius 2 is 2.33 bits per heavy atom. The predicted octanol–water partition coefficient (Wildman–Crippen LogP) is 0.183. The molecule has 0 aliphatic rings. The number of rotatable bonds is 0. The quantitative estimate of drug-likeness (QED) is 0.594. The van der Waals surface area contributed by atoms with E-state index >= 15 is 0 Å². The lowest BCUT2D eigenvalue weighted by Gasteiger charge is -1.98. The molecule has 0 spiro atoms. The topological polar surface area (TPSA) is 80.0 Å². The molecular formula is C7H5N5. The van der Waals surface area contributed by atoms with Gasteiger partial charge in [-0.05, 0) is 0 Å². The van der Waals surface area contributed by atoms with Gasteiger partial charge >= 0.3 is 0 Å². The Hall–Kier alpha value is -2.09. The molecule has 2 heterocycles. The molecule has 58 valence electrons. The third-order valence-corrected chi connectivity index (χ3v) is 1.59. The first kappa shape index (κ1) is 6.61.